The van der Waals surface area contributed by atoms with Gasteiger partial charge in [-0.3, -0.25) is 15.0 Å². The third-order valence-corrected chi connectivity index (χ3v) is 2.89. The molecule has 0 aliphatic heterocycles. The zero-order chi connectivity index (χ0) is 16.3. The number of aromatic hydroxyl groups is 1. The van der Waals surface area contributed by atoms with Crippen LogP contribution < -0.4 is 10.6 Å². The Labute approximate surface area is 124 Å². The van der Waals surface area contributed by atoms with Crippen LogP contribution in [0.3, 0.4) is 0 Å². The van der Waals surface area contributed by atoms with Gasteiger partial charge in [-0.05, 0) is 30.3 Å². The van der Waals surface area contributed by atoms with E-state index in [2.05, 4.69) is 0 Å². The highest BCUT2D eigenvalue weighted by molar-refractivity contribution is 6.00. The van der Waals surface area contributed by atoms with Crippen LogP contribution in [0, 0.1) is 21.4 Å². The average molecular weight is 298 g/mol. The first-order valence-electron chi connectivity index (χ1n) is 6.01. The molecule has 2 amide bonds. The van der Waals surface area contributed by atoms with Crippen molar-refractivity contribution in [3.8, 4) is 11.8 Å². The van der Waals surface area contributed by atoms with Crippen LogP contribution in [0.15, 0.2) is 42.5 Å². The van der Waals surface area contributed by atoms with Crippen molar-refractivity contribution in [2.24, 2.45) is 5.73 Å². The lowest BCUT2D eigenvalue weighted by Crippen LogP contribution is -2.31. The van der Waals surface area contributed by atoms with E-state index in [1.165, 1.54) is 30.3 Å². The van der Waals surface area contributed by atoms with Crippen molar-refractivity contribution in [3.05, 3.63) is 58.1 Å². The highest BCUT2D eigenvalue weighted by atomic mass is 16.6. The van der Waals surface area contributed by atoms with Gasteiger partial charge in [-0.15, -0.1) is 0 Å². The molecule has 2 aromatic carbocycles. The van der Waals surface area contributed by atoms with Gasteiger partial charge in [0.15, 0.2) is 0 Å². The van der Waals surface area contributed by atoms with E-state index in [9.17, 15) is 20.0 Å². The number of nitro groups is 1. The molecular weight excluding hydrogens is 288 g/mol. The normalized spacial score (nSPS) is 9.77. The number of amides is 2. The van der Waals surface area contributed by atoms with Gasteiger partial charge in [-0.25, -0.2) is 4.79 Å². The number of hydrogen-bond donors (Lipinski definition) is 2. The smallest absolute Gasteiger partial charge is 0.324 e. The second-order valence-electron chi connectivity index (χ2n) is 4.26. The maximum atomic E-state index is 11.7. The zero-order valence-corrected chi connectivity index (χ0v) is 11.1. The summed E-state index contributed by atoms with van der Waals surface area (Å²) in [7, 11) is 0. The first-order valence-corrected chi connectivity index (χ1v) is 6.01. The van der Waals surface area contributed by atoms with E-state index in [1.807, 2.05) is 6.07 Å². The van der Waals surface area contributed by atoms with Gasteiger partial charge in [0.2, 0.25) is 0 Å². The van der Waals surface area contributed by atoms with Crippen LogP contribution in [0.4, 0.5) is 21.9 Å². The van der Waals surface area contributed by atoms with Crippen molar-refractivity contribution in [1.82, 2.24) is 0 Å². The number of anilines is 2. The molecule has 0 fully saturated rings. The topological polar surface area (TPSA) is 133 Å². The number of phenolic OH excluding ortho intramolecular Hbond substituents is 1. The Morgan fingerprint density at radius 1 is 1.27 bits per heavy atom. The van der Waals surface area contributed by atoms with Crippen LogP contribution in [0.1, 0.15) is 5.56 Å². The molecule has 110 valence electrons. The Bertz CT molecular complexity index is 780. The number of hydrogen-bond acceptors (Lipinski definition) is 5. The van der Waals surface area contributed by atoms with Gasteiger partial charge in [0.1, 0.15) is 5.75 Å². The number of rotatable bonds is 3. The van der Waals surface area contributed by atoms with E-state index in [4.69, 9.17) is 11.0 Å². The van der Waals surface area contributed by atoms with Gasteiger partial charge in [0.05, 0.1) is 34.0 Å². The monoisotopic (exact) mass is 298 g/mol. The molecule has 0 atom stereocenters. The average Bonchev–Trinajstić information content (AvgIpc) is 2.49. The number of carbonyl (C=O) groups excluding carboxylic acids is 1. The number of non-ortho nitro benzene ring substituents is 1. The number of urea groups is 1. The first kappa shape index (κ1) is 14.8. The summed E-state index contributed by atoms with van der Waals surface area (Å²) in [5.74, 6) is -0.461. The van der Waals surface area contributed by atoms with Gasteiger partial charge in [0, 0.05) is 6.07 Å². The van der Waals surface area contributed by atoms with Crippen molar-refractivity contribution >= 4 is 23.1 Å². The van der Waals surface area contributed by atoms with Gasteiger partial charge >= 0.3 is 6.03 Å². The predicted octanol–water partition coefficient (Wildman–Crippen LogP) is 2.39. The molecule has 2 aromatic rings. The number of primary amides is 1. The van der Waals surface area contributed by atoms with Gasteiger partial charge < -0.3 is 10.8 Å². The fourth-order valence-electron chi connectivity index (χ4n) is 1.88. The highest BCUT2D eigenvalue weighted by Gasteiger charge is 2.20. The Hall–Kier alpha value is -3.60. The van der Waals surface area contributed by atoms with Crippen molar-refractivity contribution in [2.75, 3.05) is 4.90 Å². The van der Waals surface area contributed by atoms with E-state index in [0.717, 1.165) is 17.0 Å². The lowest BCUT2D eigenvalue weighted by molar-refractivity contribution is -0.384. The largest absolute Gasteiger partial charge is 0.505 e. The van der Waals surface area contributed by atoms with Crippen molar-refractivity contribution in [3.63, 3.8) is 0 Å². The van der Waals surface area contributed by atoms with Crippen molar-refractivity contribution < 1.29 is 14.8 Å². The SMILES string of the molecule is N#Cc1ccc(N(C(N)=O)c2ccc([N+](=O)[O-])cc2O)cc1. The molecule has 2 rings (SSSR count). The summed E-state index contributed by atoms with van der Waals surface area (Å²) in [5.41, 5.74) is 5.71. The molecule has 0 aliphatic carbocycles. The summed E-state index contributed by atoms with van der Waals surface area (Å²) in [6.45, 7) is 0. The lowest BCUT2D eigenvalue weighted by Gasteiger charge is -2.21. The van der Waals surface area contributed by atoms with E-state index in [0.29, 0.717) is 11.3 Å². The standard InChI is InChI=1S/C14H10N4O4/c15-8-9-1-3-10(4-2-9)17(14(16)20)12-6-5-11(18(21)22)7-13(12)19/h1-7,19H,(H2,16,20). The summed E-state index contributed by atoms with van der Waals surface area (Å²) in [6.07, 6.45) is 0. The molecule has 3 N–H and O–H groups in total. The molecule has 0 heterocycles. The molecule has 8 nitrogen and oxygen atoms in total. The molecule has 0 unspecified atom stereocenters. The summed E-state index contributed by atoms with van der Waals surface area (Å²) in [4.78, 5) is 22.7. The van der Waals surface area contributed by atoms with Crippen LogP contribution in [-0.2, 0) is 0 Å². The Morgan fingerprint density at radius 2 is 1.91 bits per heavy atom. The number of nitriles is 1. The number of phenols is 1. The second-order valence-corrected chi connectivity index (χ2v) is 4.26. The number of benzene rings is 2. The van der Waals surface area contributed by atoms with E-state index >= 15 is 0 Å². The Morgan fingerprint density at radius 3 is 2.36 bits per heavy atom. The molecule has 0 saturated heterocycles. The van der Waals surface area contributed by atoms with Crippen LogP contribution in [-0.4, -0.2) is 16.1 Å². The van der Waals surface area contributed by atoms with Crippen molar-refractivity contribution in [1.29, 1.82) is 5.26 Å². The summed E-state index contributed by atoms with van der Waals surface area (Å²) >= 11 is 0. The maximum absolute atomic E-state index is 11.7. The van der Waals surface area contributed by atoms with Crippen LogP contribution in [0.25, 0.3) is 0 Å². The molecule has 0 radical (unpaired) electrons. The highest BCUT2D eigenvalue weighted by Crippen LogP contribution is 2.35. The van der Waals surface area contributed by atoms with Gasteiger partial charge in [-0.1, -0.05) is 0 Å². The van der Waals surface area contributed by atoms with E-state index < -0.39 is 16.7 Å². The number of nitro benzene ring substituents is 1. The summed E-state index contributed by atoms with van der Waals surface area (Å²) < 4.78 is 0. The Kier molecular flexibility index (Phi) is 3.90. The molecule has 0 spiro atoms. The minimum atomic E-state index is -0.881. The van der Waals surface area contributed by atoms with Crippen LogP contribution in [0.5, 0.6) is 5.75 Å². The quantitative estimate of drug-likeness (QED) is 0.662. The molecule has 0 aromatic heterocycles. The first-order chi connectivity index (χ1) is 10.4. The van der Waals surface area contributed by atoms with Gasteiger partial charge in [0.25, 0.3) is 5.69 Å². The number of carbonyl (C=O) groups is 1. The summed E-state index contributed by atoms with van der Waals surface area (Å²) in [6, 6.07) is 10.3. The molecular formula is C14H10N4O4. The predicted molar refractivity (Wildman–Crippen MR) is 77.6 cm³/mol. The second kappa shape index (κ2) is 5.80. The lowest BCUT2D eigenvalue weighted by atomic mass is 10.2. The third kappa shape index (κ3) is 2.78. The minimum Gasteiger partial charge on any atom is -0.505 e. The van der Waals surface area contributed by atoms with Crippen LogP contribution >= 0.6 is 0 Å². The van der Waals surface area contributed by atoms with Crippen molar-refractivity contribution in [2.45, 2.75) is 0 Å². The summed E-state index contributed by atoms with van der Waals surface area (Å²) in [5, 5.41) is 29.3. The van der Waals surface area contributed by atoms with Crippen LogP contribution in [0.2, 0.25) is 0 Å². The van der Waals surface area contributed by atoms with Gasteiger partial charge in [-0.2, -0.15) is 5.26 Å². The fraction of sp³-hybridized carbons (Fsp3) is 0. The molecule has 22 heavy (non-hydrogen) atoms. The molecule has 0 bridgehead atoms. The zero-order valence-electron chi connectivity index (χ0n) is 11.1. The number of nitrogens with zero attached hydrogens (tertiary/aromatic N) is 3. The maximum Gasteiger partial charge on any atom is 0.324 e. The number of nitrogens with two attached hydrogens (primary N) is 1. The van der Waals surface area contributed by atoms with E-state index in [-0.39, 0.29) is 11.4 Å². The molecule has 0 aliphatic rings. The molecule has 0 saturated carbocycles. The fourth-order valence-corrected chi connectivity index (χ4v) is 1.88. The van der Waals surface area contributed by atoms with E-state index in [1.54, 1.807) is 0 Å². The third-order valence-electron chi connectivity index (χ3n) is 2.89. The minimum absolute atomic E-state index is 0.00260. The Balaban J connectivity index is 2.50. The molecule has 8 heteroatoms.